The van der Waals surface area contributed by atoms with Crippen LogP contribution in [0.4, 0.5) is 0 Å². The average molecular weight is 492 g/mol. The molecule has 0 aromatic carbocycles. The number of fused-ring (bicyclic) bond motifs is 2. The molecule has 37 heavy (non-hydrogen) atoms. The number of nitrogens with one attached hydrogen (secondary N) is 3. The Morgan fingerprint density at radius 3 is 2.76 bits per heavy atom. The number of aryl methyl sites for hydroxylation is 1. The van der Waals surface area contributed by atoms with Crippen LogP contribution in [-0.4, -0.2) is 58.9 Å². The highest BCUT2D eigenvalue weighted by Crippen LogP contribution is 2.32. The minimum absolute atomic E-state index is 0.210. The van der Waals surface area contributed by atoms with E-state index < -0.39 is 0 Å². The van der Waals surface area contributed by atoms with Crippen molar-refractivity contribution < 1.29 is 4.74 Å². The van der Waals surface area contributed by atoms with Crippen molar-refractivity contribution in [2.75, 3.05) is 13.1 Å². The lowest BCUT2D eigenvalue weighted by atomic mass is 10.1. The van der Waals surface area contributed by atoms with Crippen molar-refractivity contribution in [3.63, 3.8) is 0 Å². The van der Waals surface area contributed by atoms with Crippen LogP contribution in [0.5, 0.6) is 5.75 Å². The number of H-pyrrole nitrogens is 2. The Bertz CT molecular complexity index is 1720. The van der Waals surface area contributed by atoms with Gasteiger partial charge in [0.2, 0.25) is 0 Å². The fraction of sp³-hybridized carbons (Fsp3) is 0.222. The molecule has 10 nitrogen and oxygen atoms in total. The van der Waals surface area contributed by atoms with Crippen molar-refractivity contribution >= 4 is 21.9 Å². The van der Waals surface area contributed by atoms with Crippen LogP contribution in [0.1, 0.15) is 18.5 Å². The minimum Gasteiger partial charge on any atom is -0.489 e. The molecule has 6 aromatic heterocycles. The third-order valence-electron chi connectivity index (χ3n) is 6.78. The lowest BCUT2D eigenvalue weighted by Crippen LogP contribution is -2.34. The number of imidazole rings is 1. The standard InChI is InChI=1S/C27H25N9O/c1-16-14-36(15-31-16)25-13-30-12-24-20(25)9-23(32-24)27-26-22(34-35-27)3-2-21(33-26)17-8-19(11-29-10-17)37-18-4-6-28-7-5-18/h2-3,8-15,18,28,32H,4-7H2,1H3,(H,34,35). The van der Waals surface area contributed by atoms with Crippen LogP contribution >= 0.6 is 0 Å². The second kappa shape index (κ2) is 8.82. The highest BCUT2D eigenvalue weighted by molar-refractivity contribution is 5.96. The topological polar surface area (TPSA) is 122 Å². The van der Waals surface area contributed by atoms with Crippen LogP contribution in [-0.2, 0) is 0 Å². The van der Waals surface area contributed by atoms with E-state index in [1.807, 2.05) is 54.5 Å². The molecule has 10 heteroatoms. The summed E-state index contributed by atoms with van der Waals surface area (Å²) in [6.07, 6.45) is 13.2. The normalized spacial score (nSPS) is 14.5. The zero-order valence-electron chi connectivity index (χ0n) is 20.3. The summed E-state index contributed by atoms with van der Waals surface area (Å²) >= 11 is 0. The summed E-state index contributed by atoms with van der Waals surface area (Å²) in [6.45, 7) is 3.93. The number of nitrogens with zero attached hydrogens (tertiary/aromatic N) is 6. The Morgan fingerprint density at radius 2 is 1.89 bits per heavy atom. The molecule has 0 aliphatic carbocycles. The largest absolute Gasteiger partial charge is 0.489 e. The molecule has 6 aromatic rings. The first-order valence-electron chi connectivity index (χ1n) is 12.4. The Kier molecular flexibility index (Phi) is 5.17. The highest BCUT2D eigenvalue weighted by atomic mass is 16.5. The molecular weight excluding hydrogens is 466 g/mol. The molecule has 7 rings (SSSR count). The number of pyridine rings is 3. The summed E-state index contributed by atoms with van der Waals surface area (Å²) in [5, 5.41) is 12.1. The lowest BCUT2D eigenvalue weighted by Gasteiger charge is -2.23. The molecule has 184 valence electrons. The molecule has 0 bridgehead atoms. The van der Waals surface area contributed by atoms with E-state index in [2.05, 4.69) is 41.5 Å². The maximum Gasteiger partial charge on any atom is 0.138 e. The van der Waals surface area contributed by atoms with Crippen molar-refractivity contribution in [1.82, 2.24) is 45.0 Å². The van der Waals surface area contributed by atoms with E-state index >= 15 is 0 Å². The summed E-state index contributed by atoms with van der Waals surface area (Å²) in [6, 6.07) is 8.07. The predicted octanol–water partition coefficient (Wildman–Crippen LogP) is 4.19. The first kappa shape index (κ1) is 21.7. The van der Waals surface area contributed by atoms with Gasteiger partial charge in [-0.25, -0.2) is 9.97 Å². The van der Waals surface area contributed by atoms with Crippen molar-refractivity contribution in [2.45, 2.75) is 25.9 Å². The molecule has 0 saturated carbocycles. The van der Waals surface area contributed by atoms with Gasteiger partial charge in [-0.3, -0.25) is 15.1 Å². The van der Waals surface area contributed by atoms with Gasteiger partial charge < -0.3 is 19.6 Å². The summed E-state index contributed by atoms with van der Waals surface area (Å²) in [4.78, 5) is 21.6. The smallest absolute Gasteiger partial charge is 0.138 e. The van der Waals surface area contributed by atoms with Crippen molar-refractivity contribution in [1.29, 1.82) is 0 Å². The van der Waals surface area contributed by atoms with Gasteiger partial charge in [0.05, 0.1) is 58.7 Å². The molecule has 1 aliphatic heterocycles. The van der Waals surface area contributed by atoms with Gasteiger partial charge in [0, 0.05) is 23.3 Å². The molecule has 7 heterocycles. The number of piperidine rings is 1. The quantitative estimate of drug-likeness (QED) is 0.331. The lowest BCUT2D eigenvalue weighted by molar-refractivity contribution is 0.162. The molecule has 3 N–H and O–H groups in total. The van der Waals surface area contributed by atoms with E-state index in [1.165, 1.54) is 0 Å². The van der Waals surface area contributed by atoms with E-state index in [-0.39, 0.29) is 6.10 Å². The molecule has 0 unspecified atom stereocenters. The second-order valence-corrected chi connectivity index (χ2v) is 9.37. The van der Waals surface area contributed by atoms with Crippen molar-refractivity contribution in [3.05, 3.63) is 67.3 Å². The number of rotatable bonds is 5. The predicted molar refractivity (Wildman–Crippen MR) is 141 cm³/mol. The average Bonchev–Trinajstić information content (AvgIpc) is 3.66. The fourth-order valence-corrected chi connectivity index (χ4v) is 4.90. The van der Waals surface area contributed by atoms with Gasteiger partial charge >= 0.3 is 0 Å². The van der Waals surface area contributed by atoms with Crippen LogP contribution in [0.25, 0.3) is 50.3 Å². The number of hydrogen-bond donors (Lipinski definition) is 3. The van der Waals surface area contributed by atoms with Gasteiger partial charge in [-0.15, -0.1) is 0 Å². The first-order valence-corrected chi connectivity index (χ1v) is 12.4. The van der Waals surface area contributed by atoms with Crippen LogP contribution in [0, 0.1) is 6.92 Å². The van der Waals surface area contributed by atoms with Crippen molar-refractivity contribution in [2.24, 2.45) is 0 Å². The zero-order valence-corrected chi connectivity index (χ0v) is 20.3. The van der Waals surface area contributed by atoms with E-state index in [0.29, 0.717) is 0 Å². The number of ether oxygens (including phenoxy) is 1. The molecule has 1 aliphatic rings. The summed E-state index contributed by atoms with van der Waals surface area (Å²) in [5.41, 5.74) is 7.77. The van der Waals surface area contributed by atoms with Gasteiger partial charge in [-0.1, -0.05) is 0 Å². The Balaban J connectivity index is 1.26. The van der Waals surface area contributed by atoms with Crippen LogP contribution in [0.15, 0.2) is 61.6 Å². The Morgan fingerprint density at radius 1 is 1.00 bits per heavy atom. The van der Waals surface area contributed by atoms with Gasteiger partial charge in [0.25, 0.3) is 0 Å². The van der Waals surface area contributed by atoms with Crippen LogP contribution in [0.3, 0.4) is 0 Å². The van der Waals surface area contributed by atoms with Gasteiger partial charge in [0.1, 0.15) is 23.1 Å². The van der Waals surface area contributed by atoms with Crippen LogP contribution < -0.4 is 10.1 Å². The molecule has 0 radical (unpaired) electrons. The fourth-order valence-electron chi connectivity index (χ4n) is 4.90. The van der Waals surface area contributed by atoms with Gasteiger partial charge in [0.15, 0.2) is 0 Å². The number of hydrogen-bond acceptors (Lipinski definition) is 7. The molecule has 0 atom stereocenters. The summed E-state index contributed by atoms with van der Waals surface area (Å²) in [5.74, 6) is 0.768. The number of aromatic amines is 2. The van der Waals surface area contributed by atoms with E-state index in [1.54, 1.807) is 12.5 Å². The minimum atomic E-state index is 0.210. The third kappa shape index (κ3) is 4.01. The van der Waals surface area contributed by atoms with Crippen LogP contribution in [0.2, 0.25) is 0 Å². The molecule has 1 fully saturated rings. The molecular formula is C27H25N9O. The van der Waals surface area contributed by atoms with E-state index in [9.17, 15) is 0 Å². The van der Waals surface area contributed by atoms with E-state index in [4.69, 9.17) is 9.72 Å². The highest BCUT2D eigenvalue weighted by Gasteiger charge is 2.17. The third-order valence-corrected chi connectivity index (χ3v) is 6.78. The summed E-state index contributed by atoms with van der Waals surface area (Å²) < 4.78 is 8.18. The van der Waals surface area contributed by atoms with Gasteiger partial charge in [-0.2, -0.15) is 5.10 Å². The zero-order chi connectivity index (χ0) is 24.8. The Hall–Kier alpha value is -4.57. The van der Waals surface area contributed by atoms with Gasteiger partial charge in [-0.05, 0) is 57.1 Å². The maximum atomic E-state index is 6.20. The first-order chi connectivity index (χ1) is 18.2. The van der Waals surface area contributed by atoms with E-state index in [0.717, 1.165) is 87.6 Å². The molecule has 0 spiro atoms. The molecule has 1 saturated heterocycles. The number of aromatic nitrogens is 8. The summed E-state index contributed by atoms with van der Waals surface area (Å²) in [7, 11) is 0. The monoisotopic (exact) mass is 491 g/mol. The second-order valence-electron chi connectivity index (χ2n) is 9.37. The molecule has 0 amide bonds. The Labute approximate surface area is 212 Å². The maximum absolute atomic E-state index is 6.20. The SMILES string of the molecule is Cc1cn(-c2cncc3[nH]c(-c4n[nH]c5ccc(-c6cncc(OC7CCNCC7)c6)nc45)cc23)cn1. The van der Waals surface area contributed by atoms with Crippen molar-refractivity contribution in [3.8, 4) is 34.1 Å².